The summed E-state index contributed by atoms with van der Waals surface area (Å²) in [6, 6.07) is 2.71. The van der Waals surface area contributed by atoms with Crippen LogP contribution in [0.15, 0.2) is 21.3 Å². The maximum absolute atomic E-state index is 12.5. The fourth-order valence-electron chi connectivity index (χ4n) is 3.48. The van der Waals surface area contributed by atoms with Crippen LogP contribution in [-0.2, 0) is 22.4 Å². The second-order valence-electron chi connectivity index (χ2n) is 7.85. The van der Waals surface area contributed by atoms with Gasteiger partial charge in [0.1, 0.15) is 23.0 Å². The molecule has 1 aromatic carbocycles. The highest BCUT2D eigenvalue weighted by molar-refractivity contribution is 5.88. The van der Waals surface area contributed by atoms with Crippen LogP contribution in [0.3, 0.4) is 0 Å². The van der Waals surface area contributed by atoms with E-state index in [-0.39, 0.29) is 24.0 Å². The number of amides is 1. The lowest BCUT2D eigenvalue weighted by atomic mass is 9.92. The van der Waals surface area contributed by atoms with E-state index in [4.69, 9.17) is 14.3 Å². The summed E-state index contributed by atoms with van der Waals surface area (Å²) in [6.45, 7) is 7.48. The van der Waals surface area contributed by atoms with Crippen LogP contribution in [0.4, 0.5) is 0 Å². The molecule has 1 amide bonds. The molecule has 0 radical (unpaired) electrons. The van der Waals surface area contributed by atoms with Crippen LogP contribution >= 0.6 is 0 Å². The van der Waals surface area contributed by atoms with E-state index in [1.807, 2.05) is 19.9 Å². The number of benzene rings is 1. The monoisotopic (exact) mass is 387 g/mol. The van der Waals surface area contributed by atoms with Gasteiger partial charge in [-0.15, -0.1) is 0 Å². The molecule has 2 heterocycles. The molecule has 1 aromatic heterocycles. The van der Waals surface area contributed by atoms with Gasteiger partial charge in [0.2, 0.25) is 5.91 Å². The second-order valence-corrected chi connectivity index (χ2v) is 7.85. The number of aliphatic carboxylic acids is 1. The highest BCUT2D eigenvalue weighted by Gasteiger charge is 2.28. The van der Waals surface area contributed by atoms with E-state index in [0.717, 1.165) is 23.8 Å². The van der Waals surface area contributed by atoms with E-state index in [1.165, 1.54) is 0 Å². The molecule has 1 aliphatic heterocycles. The molecule has 28 heavy (non-hydrogen) atoms. The Morgan fingerprint density at radius 1 is 1.32 bits per heavy atom. The topological polar surface area (TPSA) is 106 Å². The zero-order valence-corrected chi connectivity index (χ0v) is 16.5. The fourth-order valence-corrected chi connectivity index (χ4v) is 3.48. The largest absolute Gasteiger partial charge is 0.487 e. The average molecular weight is 387 g/mol. The highest BCUT2D eigenvalue weighted by atomic mass is 16.5. The van der Waals surface area contributed by atoms with Crippen molar-refractivity contribution < 1.29 is 23.8 Å². The van der Waals surface area contributed by atoms with Gasteiger partial charge in [0, 0.05) is 11.5 Å². The molecule has 0 spiro atoms. The number of carboxylic acids is 1. The predicted octanol–water partition coefficient (Wildman–Crippen LogP) is 2.73. The quantitative estimate of drug-likeness (QED) is 0.764. The minimum atomic E-state index is -1.10. The Hall–Kier alpha value is -2.83. The summed E-state index contributed by atoms with van der Waals surface area (Å²) in [5, 5.41) is 12.3. The molecule has 0 saturated heterocycles. The number of carbonyl (C=O) groups excluding carboxylic acids is 1. The van der Waals surface area contributed by atoms with Crippen LogP contribution in [0.2, 0.25) is 0 Å². The Bertz CT molecular complexity index is 1000. The molecular formula is C21H25NO6. The Morgan fingerprint density at radius 2 is 2.04 bits per heavy atom. The summed E-state index contributed by atoms with van der Waals surface area (Å²) in [7, 11) is 0. The molecule has 0 unspecified atom stereocenters. The minimum absolute atomic E-state index is 0.228. The van der Waals surface area contributed by atoms with Gasteiger partial charge in [-0.3, -0.25) is 4.79 Å². The highest BCUT2D eigenvalue weighted by Crippen LogP contribution is 2.36. The first kappa shape index (κ1) is 19.9. The van der Waals surface area contributed by atoms with Crippen LogP contribution in [0, 0.1) is 6.92 Å². The number of nitrogens with one attached hydrogen (secondary N) is 1. The SMILES string of the molecule is CC[C@@H](NC(=O)Cc1c(C)c2cc3c(cc2oc1=O)OC(C)(C)CC3)C(=O)O. The Kier molecular flexibility index (Phi) is 5.19. The van der Waals surface area contributed by atoms with E-state index in [0.29, 0.717) is 16.9 Å². The van der Waals surface area contributed by atoms with Gasteiger partial charge in [-0.05, 0) is 57.2 Å². The summed E-state index contributed by atoms with van der Waals surface area (Å²) in [5.41, 5.74) is 1.49. The number of rotatable bonds is 5. The van der Waals surface area contributed by atoms with Gasteiger partial charge in [0.15, 0.2) is 0 Å². The van der Waals surface area contributed by atoms with Crippen molar-refractivity contribution in [3.05, 3.63) is 39.2 Å². The van der Waals surface area contributed by atoms with Gasteiger partial charge < -0.3 is 19.6 Å². The van der Waals surface area contributed by atoms with E-state index in [2.05, 4.69) is 5.32 Å². The van der Waals surface area contributed by atoms with E-state index in [9.17, 15) is 14.4 Å². The van der Waals surface area contributed by atoms with E-state index < -0.39 is 23.5 Å². The number of carbonyl (C=O) groups is 2. The molecule has 2 aromatic rings. The normalized spacial score (nSPS) is 16.1. The minimum Gasteiger partial charge on any atom is -0.487 e. The van der Waals surface area contributed by atoms with Gasteiger partial charge >= 0.3 is 11.6 Å². The Balaban J connectivity index is 1.96. The number of hydrogen-bond acceptors (Lipinski definition) is 5. The molecule has 7 nitrogen and oxygen atoms in total. The molecule has 2 N–H and O–H groups in total. The van der Waals surface area contributed by atoms with Crippen LogP contribution in [0.25, 0.3) is 11.0 Å². The molecule has 3 rings (SSSR count). The number of ether oxygens (including phenoxy) is 1. The van der Waals surface area contributed by atoms with E-state index in [1.54, 1.807) is 19.9 Å². The van der Waals surface area contributed by atoms with Gasteiger partial charge in [0.25, 0.3) is 0 Å². The second kappa shape index (κ2) is 7.30. The maximum atomic E-state index is 12.5. The zero-order chi connectivity index (χ0) is 20.6. The van der Waals surface area contributed by atoms with Gasteiger partial charge in [0.05, 0.1) is 12.0 Å². The summed E-state index contributed by atoms with van der Waals surface area (Å²) in [5.74, 6) is -0.913. The first-order valence-corrected chi connectivity index (χ1v) is 9.41. The van der Waals surface area contributed by atoms with Crippen molar-refractivity contribution in [1.29, 1.82) is 0 Å². The molecule has 150 valence electrons. The van der Waals surface area contributed by atoms with Crippen LogP contribution in [0.5, 0.6) is 5.75 Å². The first-order valence-electron chi connectivity index (χ1n) is 9.41. The number of aryl methyl sites for hydroxylation is 2. The molecule has 0 saturated carbocycles. The molecular weight excluding hydrogens is 362 g/mol. The van der Waals surface area contributed by atoms with Crippen molar-refractivity contribution in [3.8, 4) is 5.75 Å². The molecule has 0 bridgehead atoms. The third-order valence-electron chi connectivity index (χ3n) is 5.23. The van der Waals surface area contributed by atoms with Crippen molar-refractivity contribution >= 4 is 22.8 Å². The van der Waals surface area contributed by atoms with E-state index >= 15 is 0 Å². The van der Waals surface area contributed by atoms with Crippen molar-refractivity contribution in [2.75, 3.05) is 0 Å². The predicted molar refractivity (Wildman–Crippen MR) is 104 cm³/mol. The summed E-state index contributed by atoms with van der Waals surface area (Å²) in [6.07, 6.45) is 1.76. The maximum Gasteiger partial charge on any atom is 0.340 e. The molecule has 0 aliphatic carbocycles. The lowest BCUT2D eigenvalue weighted by Gasteiger charge is -2.32. The lowest BCUT2D eigenvalue weighted by Crippen LogP contribution is -2.41. The smallest absolute Gasteiger partial charge is 0.340 e. The molecule has 1 atom stereocenters. The molecule has 1 aliphatic rings. The summed E-state index contributed by atoms with van der Waals surface area (Å²) < 4.78 is 11.5. The average Bonchev–Trinajstić information content (AvgIpc) is 2.61. The Morgan fingerprint density at radius 3 is 2.68 bits per heavy atom. The van der Waals surface area contributed by atoms with Gasteiger partial charge in [-0.1, -0.05) is 6.92 Å². The third kappa shape index (κ3) is 3.88. The zero-order valence-electron chi connectivity index (χ0n) is 16.5. The van der Waals surface area contributed by atoms with Crippen molar-refractivity contribution in [3.63, 3.8) is 0 Å². The number of hydrogen-bond donors (Lipinski definition) is 2. The standard InChI is InChI=1S/C21H25NO6/c1-5-15(19(24)25)22-18(23)9-14-11(2)13-8-12-6-7-21(3,4)28-16(12)10-17(13)27-20(14)26/h8,10,15H,5-7,9H2,1-4H3,(H,22,23)(H,24,25)/t15-/m1/s1. The van der Waals surface area contributed by atoms with Gasteiger partial charge in [-0.25, -0.2) is 9.59 Å². The Labute approximate surface area is 162 Å². The van der Waals surface area contributed by atoms with Crippen LogP contribution < -0.4 is 15.7 Å². The van der Waals surface area contributed by atoms with Crippen LogP contribution in [-0.4, -0.2) is 28.6 Å². The van der Waals surface area contributed by atoms with Gasteiger partial charge in [-0.2, -0.15) is 0 Å². The molecule has 7 heteroatoms. The van der Waals surface area contributed by atoms with Crippen LogP contribution in [0.1, 0.15) is 50.3 Å². The first-order chi connectivity index (χ1) is 13.1. The van der Waals surface area contributed by atoms with Crippen molar-refractivity contribution in [2.24, 2.45) is 0 Å². The summed E-state index contributed by atoms with van der Waals surface area (Å²) >= 11 is 0. The third-order valence-corrected chi connectivity index (χ3v) is 5.23. The summed E-state index contributed by atoms with van der Waals surface area (Å²) in [4.78, 5) is 35.8. The number of carboxylic acid groups (broad SMARTS) is 1. The van der Waals surface area contributed by atoms with Crippen molar-refractivity contribution in [2.45, 2.75) is 65.0 Å². The molecule has 0 fully saturated rings. The fraction of sp³-hybridized carbons (Fsp3) is 0.476. The number of fused-ring (bicyclic) bond motifs is 2. The lowest BCUT2D eigenvalue weighted by molar-refractivity contribution is -0.141. The van der Waals surface area contributed by atoms with Crippen molar-refractivity contribution in [1.82, 2.24) is 5.32 Å².